The second kappa shape index (κ2) is 26.3. The highest BCUT2D eigenvalue weighted by Gasteiger charge is 2.36. The molecular weight excluding hydrogens is 795 g/mol. The van der Waals surface area contributed by atoms with Gasteiger partial charge in [0.1, 0.15) is 25.6 Å². The Balaban J connectivity index is 2.13. The first kappa shape index (κ1) is 51.9. The molecule has 3 rings (SSSR count). The minimum absolute atomic E-state index is 0.142. The summed E-state index contributed by atoms with van der Waals surface area (Å²) in [6.45, 7) is 24.9. The summed E-state index contributed by atoms with van der Waals surface area (Å²) in [6, 6.07) is 13.3. The van der Waals surface area contributed by atoms with E-state index in [1.807, 2.05) is 0 Å². The van der Waals surface area contributed by atoms with E-state index in [4.69, 9.17) is 23.7 Å². The van der Waals surface area contributed by atoms with Crippen LogP contribution < -0.4 is 4.74 Å². The molecule has 0 spiro atoms. The van der Waals surface area contributed by atoms with E-state index in [0.29, 0.717) is 48.5 Å². The molecule has 0 radical (unpaired) electrons. The molecule has 2 aromatic rings. The fourth-order valence-corrected chi connectivity index (χ4v) is 7.83. The fourth-order valence-electron chi connectivity index (χ4n) is 7.83. The van der Waals surface area contributed by atoms with Crippen molar-refractivity contribution in [2.45, 2.75) is 137 Å². The van der Waals surface area contributed by atoms with Gasteiger partial charge < -0.3 is 23.7 Å². The van der Waals surface area contributed by atoms with E-state index in [1.54, 1.807) is 13.8 Å². The predicted octanol–water partition coefficient (Wildman–Crippen LogP) is 11.4. The lowest BCUT2D eigenvalue weighted by molar-refractivity contribution is -0.151. The van der Waals surface area contributed by atoms with Gasteiger partial charge in [-0.2, -0.15) is 5.26 Å². The molecule has 2 aromatic carbocycles. The number of ether oxygens (including phenoxy) is 5. The summed E-state index contributed by atoms with van der Waals surface area (Å²) in [5, 5.41) is 10.1. The van der Waals surface area contributed by atoms with Gasteiger partial charge in [0.05, 0.1) is 31.1 Å². The molecule has 1 aliphatic carbocycles. The van der Waals surface area contributed by atoms with Crippen molar-refractivity contribution >= 4 is 23.9 Å². The molecule has 1 saturated carbocycles. The number of hydrogen-bond donors (Lipinski definition) is 0. The number of nitrogens with zero attached hydrogens (tertiary/aromatic N) is 1. The van der Waals surface area contributed by atoms with Crippen LogP contribution in [0.2, 0.25) is 0 Å². The van der Waals surface area contributed by atoms with E-state index in [9.17, 15) is 24.4 Å². The molecule has 0 N–H and O–H groups in total. The van der Waals surface area contributed by atoms with Gasteiger partial charge in [-0.3, -0.25) is 0 Å². The Labute approximate surface area is 376 Å². The van der Waals surface area contributed by atoms with Crippen molar-refractivity contribution in [2.75, 3.05) is 33.0 Å². The summed E-state index contributed by atoms with van der Waals surface area (Å²) in [6.07, 6.45) is 12.7. The summed E-state index contributed by atoms with van der Waals surface area (Å²) in [7, 11) is 0. The normalized spacial score (nSPS) is 14.7. The lowest BCUT2D eigenvalue weighted by Crippen LogP contribution is -2.40. The van der Waals surface area contributed by atoms with E-state index >= 15 is 0 Å². The number of esters is 4. The maximum Gasteiger partial charge on any atom is 0.333 e. The third-order valence-corrected chi connectivity index (χ3v) is 11.6. The average Bonchev–Trinajstić information content (AvgIpc) is 3.26. The Morgan fingerprint density at radius 2 is 1.17 bits per heavy atom. The standard InChI is InChI=1S/C53H71NO9/c1-11-13-14-17-40-20-22-42(23-21-40)43-24-25-47(41(12-2)30-43)46-31-44(18-15-28-59-49(55)36(3)4)48(45(32-46)19-16-29-60-50(56)37(5)6)61-33-53(26-27-54,34-62-51(57)38(7)8)35-63-52(58)39(9)10/h24-25,30-32,40,42H,3,5,7,9,11-23,26,28-29,33-35H2,1-2,4,6,8,10H3. The third kappa shape index (κ3) is 16.7. The van der Waals surface area contributed by atoms with Crippen LogP contribution in [-0.4, -0.2) is 56.9 Å². The number of unbranched alkanes of at least 4 members (excludes halogenated alkanes) is 2. The van der Waals surface area contributed by atoms with Crippen LogP contribution in [-0.2, 0) is 57.4 Å². The topological polar surface area (TPSA) is 138 Å². The van der Waals surface area contributed by atoms with Crippen molar-refractivity contribution in [2.24, 2.45) is 11.3 Å². The van der Waals surface area contributed by atoms with Gasteiger partial charge in [-0.1, -0.05) is 84.0 Å². The van der Waals surface area contributed by atoms with Gasteiger partial charge in [0.25, 0.3) is 0 Å². The van der Waals surface area contributed by atoms with Gasteiger partial charge in [-0.15, -0.1) is 0 Å². The predicted molar refractivity (Wildman–Crippen MR) is 248 cm³/mol. The lowest BCUT2D eigenvalue weighted by atomic mass is 9.76. The highest BCUT2D eigenvalue weighted by atomic mass is 16.6. The molecule has 0 heterocycles. The molecule has 0 aliphatic heterocycles. The molecule has 0 unspecified atom stereocenters. The summed E-state index contributed by atoms with van der Waals surface area (Å²) in [5.41, 5.74) is 6.04. The molecule has 0 bridgehead atoms. The van der Waals surface area contributed by atoms with Crippen molar-refractivity contribution < 1.29 is 42.9 Å². The van der Waals surface area contributed by atoms with E-state index < -0.39 is 29.3 Å². The highest BCUT2D eigenvalue weighted by molar-refractivity contribution is 5.88. The maximum absolute atomic E-state index is 12.6. The van der Waals surface area contributed by atoms with Gasteiger partial charge in [0.2, 0.25) is 0 Å². The fraction of sp³-hybridized carbons (Fsp3) is 0.528. The molecule has 0 saturated heterocycles. The second-order valence-electron chi connectivity index (χ2n) is 17.5. The molecule has 63 heavy (non-hydrogen) atoms. The lowest BCUT2D eigenvalue weighted by Gasteiger charge is -2.31. The average molecular weight is 866 g/mol. The van der Waals surface area contributed by atoms with E-state index in [1.165, 1.54) is 76.3 Å². The number of benzene rings is 2. The second-order valence-corrected chi connectivity index (χ2v) is 17.5. The summed E-state index contributed by atoms with van der Waals surface area (Å²) < 4.78 is 28.9. The van der Waals surface area contributed by atoms with Gasteiger partial charge in [-0.25, -0.2) is 19.2 Å². The minimum atomic E-state index is -1.27. The number of carbonyl (C=O) groups excluding carboxylic acids is 4. The van der Waals surface area contributed by atoms with Crippen LogP contribution in [0, 0.1) is 22.7 Å². The van der Waals surface area contributed by atoms with Crippen molar-refractivity contribution in [1.29, 1.82) is 5.26 Å². The van der Waals surface area contributed by atoms with Gasteiger partial charge in [0, 0.05) is 22.3 Å². The molecule has 1 aliphatic rings. The Bertz CT molecular complexity index is 1910. The van der Waals surface area contributed by atoms with E-state index in [0.717, 1.165) is 34.6 Å². The molecular formula is C53H71NO9. The molecule has 10 heteroatoms. The zero-order valence-corrected chi connectivity index (χ0v) is 38.9. The van der Waals surface area contributed by atoms with Crippen molar-refractivity contribution in [3.05, 3.63) is 101 Å². The van der Waals surface area contributed by atoms with E-state index in [-0.39, 0.29) is 50.6 Å². The Hall–Kier alpha value is -5.43. The molecule has 0 aromatic heterocycles. The van der Waals surface area contributed by atoms with Gasteiger partial charge in [-0.05, 0) is 143 Å². The highest BCUT2D eigenvalue weighted by Crippen LogP contribution is 2.41. The number of hydrogen-bond acceptors (Lipinski definition) is 10. The third-order valence-electron chi connectivity index (χ3n) is 11.6. The van der Waals surface area contributed by atoms with Crippen LogP contribution in [0.3, 0.4) is 0 Å². The van der Waals surface area contributed by atoms with Crippen LogP contribution in [0.5, 0.6) is 5.75 Å². The Morgan fingerprint density at radius 3 is 1.63 bits per heavy atom. The quantitative estimate of drug-likeness (QED) is 0.0369. The number of nitriles is 1. The number of aryl methyl sites for hydroxylation is 3. The van der Waals surface area contributed by atoms with Crippen LogP contribution in [0.15, 0.2) is 78.9 Å². The SMILES string of the molecule is C=C(C)C(=O)OCCCc1cc(-c2ccc(C3CCC(CCCCC)CC3)cc2CC)cc(CCCOC(=O)C(=C)C)c1OCC(CC#N)(COC(=O)C(=C)C)COC(=O)C(=C)C. The van der Waals surface area contributed by atoms with E-state index in [2.05, 4.69) is 76.6 Å². The van der Waals surface area contributed by atoms with Crippen molar-refractivity contribution in [3.8, 4) is 22.9 Å². The summed E-state index contributed by atoms with van der Waals surface area (Å²) in [5.74, 6) is -0.370. The first-order chi connectivity index (χ1) is 30.0. The van der Waals surface area contributed by atoms with Gasteiger partial charge in [0.15, 0.2) is 0 Å². The molecule has 0 amide bonds. The monoisotopic (exact) mass is 866 g/mol. The van der Waals surface area contributed by atoms with Crippen LogP contribution in [0.25, 0.3) is 11.1 Å². The Kier molecular flexibility index (Phi) is 21.6. The van der Waals surface area contributed by atoms with Gasteiger partial charge >= 0.3 is 23.9 Å². The summed E-state index contributed by atoms with van der Waals surface area (Å²) >= 11 is 0. The largest absolute Gasteiger partial charge is 0.492 e. The number of carbonyl (C=O) groups is 4. The van der Waals surface area contributed by atoms with Crippen molar-refractivity contribution in [1.82, 2.24) is 0 Å². The maximum atomic E-state index is 12.6. The molecule has 342 valence electrons. The zero-order valence-electron chi connectivity index (χ0n) is 38.9. The minimum Gasteiger partial charge on any atom is -0.492 e. The van der Waals surface area contributed by atoms with Crippen LogP contribution in [0.4, 0.5) is 0 Å². The first-order valence-electron chi connectivity index (χ1n) is 22.6. The first-order valence-corrected chi connectivity index (χ1v) is 22.6. The summed E-state index contributed by atoms with van der Waals surface area (Å²) in [4.78, 5) is 49.9. The Morgan fingerprint density at radius 1 is 0.667 bits per heavy atom. The van der Waals surface area contributed by atoms with Crippen molar-refractivity contribution in [3.63, 3.8) is 0 Å². The number of rotatable bonds is 27. The molecule has 10 nitrogen and oxygen atoms in total. The zero-order chi connectivity index (χ0) is 46.5. The smallest absolute Gasteiger partial charge is 0.333 e. The molecule has 1 fully saturated rings. The molecule has 0 atom stereocenters. The van der Waals surface area contributed by atoms with Crippen LogP contribution in [0.1, 0.15) is 140 Å². The van der Waals surface area contributed by atoms with Crippen LogP contribution >= 0.6 is 0 Å².